The minimum Gasteiger partial charge on any atom is -0.454 e. The van der Waals surface area contributed by atoms with Crippen molar-refractivity contribution >= 4 is 29.0 Å². The van der Waals surface area contributed by atoms with Crippen molar-refractivity contribution in [2.45, 2.75) is 25.9 Å². The molecule has 3 heterocycles. The molecule has 168 valence electrons. The number of aromatic nitrogens is 4. The smallest absolute Gasteiger partial charge is 0.231 e. The third kappa shape index (κ3) is 4.83. The number of ether oxygens (including phenoxy) is 2. The van der Waals surface area contributed by atoms with Crippen LogP contribution in [-0.2, 0) is 24.3 Å². The number of rotatable bonds is 8. The fourth-order valence-corrected chi connectivity index (χ4v) is 3.68. The van der Waals surface area contributed by atoms with Crippen molar-refractivity contribution in [2.75, 3.05) is 12.1 Å². The molecule has 10 heteroatoms. The van der Waals surface area contributed by atoms with E-state index in [0.29, 0.717) is 47.6 Å². The fraction of sp³-hybridized carbons (Fsp3) is 0.217. The molecule has 1 amide bonds. The molecular formula is C23H21ClN6O3. The summed E-state index contributed by atoms with van der Waals surface area (Å²) < 4.78 is 12.3. The van der Waals surface area contributed by atoms with Crippen LogP contribution >= 0.6 is 11.6 Å². The Bertz CT molecular complexity index is 1310. The normalized spacial score (nSPS) is 12.2. The molecule has 4 aromatic rings. The number of carbonyl (C=O) groups excluding carboxylic acids is 1. The Balaban J connectivity index is 1.18. The van der Waals surface area contributed by atoms with Crippen molar-refractivity contribution in [3.63, 3.8) is 0 Å². The molecule has 2 N–H and O–H groups in total. The number of carbonyl (C=O) groups is 1. The van der Waals surface area contributed by atoms with Crippen LogP contribution in [0.3, 0.4) is 0 Å². The highest BCUT2D eigenvalue weighted by Crippen LogP contribution is 2.32. The Hall–Kier alpha value is -3.85. The van der Waals surface area contributed by atoms with Crippen LogP contribution in [0, 0.1) is 0 Å². The van der Waals surface area contributed by atoms with Crippen LogP contribution in [0.25, 0.3) is 5.65 Å². The molecule has 2 aromatic heterocycles. The summed E-state index contributed by atoms with van der Waals surface area (Å²) in [5, 5.41) is 19.8. The molecule has 1 aliphatic rings. The quantitative estimate of drug-likeness (QED) is 0.412. The van der Waals surface area contributed by atoms with Gasteiger partial charge in [-0.15, -0.1) is 15.3 Å². The van der Waals surface area contributed by atoms with Gasteiger partial charge in [0.25, 0.3) is 0 Å². The summed E-state index contributed by atoms with van der Waals surface area (Å²) in [6, 6.07) is 16.9. The van der Waals surface area contributed by atoms with Crippen molar-refractivity contribution < 1.29 is 14.3 Å². The second-order valence-corrected chi connectivity index (χ2v) is 7.92. The molecular weight excluding hydrogens is 444 g/mol. The van der Waals surface area contributed by atoms with Crippen molar-refractivity contribution in [3.05, 3.63) is 76.6 Å². The van der Waals surface area contributed by atoms with Gasteiger partial charge in [-0.25, -0.2) is 0 Å². The third-order valence-electron chi connectivity index (χ3n) is 5.25. The first-order chi connectivity index (χ1) is 16.2. The van der Waals surface area contributed by atoms with Crippen molar-refractivity contribution in [1.82, 2.24) is 25.1 Å². The van der Waals surface area contributed by atoms with Gasteiger partial charge in [0.05, 0.1) is 0 Å². The molecule has 0 radical (unpaired) electrons. The molecule has 33 heavy (non-hydrogen) atoms. The molecule has 1 aliphatic heterocycles. The highest BCUT2D eigenvalue weighted by atomic mass is 35.5. The maximum absolute atomic E-state index is 12.4. The van der Waals surface area contributed by atoms with Gasteiger partial charge in [-0.1, -0.05) is 35.9 Å². The van der Waals surface area contributed by atoms with E-state index in [1.54, 1.807) is 4.52 Å². The predicted molar refractivity (Wildman–Crippen MR) is 122 cm³/mol. The Labute approximate surface area is 194 Å². The van der Waals surface area contributed by atoms with Crippen molar-refractivity contribution in [2.24, 2.45) is 0 Å². The van der Waals surface area contributed by atoms with Gasteiger partial charge in [0, 0.05) is 31.0 Å². The molecule has 0 atom stereocenters. The minimum absolute atomic E-state index is 0.0857. The summed E-state index contributed by atoms with van der Waals surface area (Å²) in [4.78, 5) is 12.4. The summed E-state index contributed by atoms with van der Waals surface area (Å²) in [6.07, 6.45) is 0.680. The number of anilines is 1. The Morgan fingerprint density at radius 3 is 2.82 bits per heavy atom. The molecule has 0 unspecified atom stereocenters. The molecule has 5 rings (SSSR count). The van der Waals surface area contributed by atoms with Crippen molar-refractivity contribution in [1.29, 1.82) is 0 Å². The van der Waals surface area contributed by atoms with Gasteiger partial charge in [0.2, 0.25) is 12.7 Å². The van der Waals surface area contributed by atoms with Crippen LogP contribution in [0.4, 0.5) is 5.82 Å². The number of hydrogen-bond acceptors (Lipinski definition) is 7. The fourth-order valence-electron chi connectivity index (χ4n) is 3.48. The lowest BCUT2D eigenvalue weighted by atomic mass is 10.2. The monoisotopic (exact) mass is 464 g/mol. The first kappa shape index (κ1) is 21.0. The molecule has 0 fully saturated rings. The molecule has 0 saturated heterocycles. The highest BCUT2D eigenvalue weighted by Gasteiger charge is 2.14. The molecule has 0 spiro atoms. The summed E-state index contributed by atoms with van der Waals surface area (Å²) in [5.41, 5.74) is 2.54. The third-order valence-corrected chi connectivity index (χ3v) is 5.62. The van der Waals surface area contributed by atoms with E-state index in [9.17, 15) is 4.79 Å². The van der Waals surface area contributed by atoms with Crippen LogP contribution in [0.5, 0.6) is 11.5 Å². The minimum atomic E-state index is -0.0857. The Morgan fingerprint density at radius 2 is 1.91 bits per heavy atom. The zero-order valence-electron chi connectivity index (χ0n) is 17.6. The van der Waals surface area contributed by atoms with Gasteiger partial charge < -0.3 is 20.1 Å². The van der Waals surface area contributed by atoms with Gasteiger partial charge in [-0.2, -0.15) is 4.52 Å². The van der Waals surface area contributed by atoms with Gasteiger partial charge >= 0.3 is 0 Å². The lowest BCUT2D eigenvalue weighted by molar-refractivity contribution is -0.121. The van der Waals surface area contributed by atoms with Gasteiger partial charge in [0.15, 0.2) is 23.0 Å². The van der Waals surface area contributed by atoms with E-state index < -0.39 is 0 Å². The van der Waals surface area contributed by atoms with Gasteiger partial charge in [0.1, 0.15) is 5.82 Å². The molecule has 0 bridgehead atoms. The number of nitrogens with zero attached hydrogens (tertiary/aromatic N) is 4. The van der Waals surface area contributed by atoms with Crippen LogP contribution in [-0.4, -0.2) is 32.5 Å². The number of benzene rings is 2. The zero-order chi connectivity index (χ0) is 22.6. The van der Waals surface area contributed by atoms with E-state index in [2.05, 4.69) is 25.9 Å². The first-order valence-electron chi connectivity index (χ1n) is 10.5. The average Bonchev–Trinajstić information content (AvgIpc) is 3.47. The number of fused-ring (bicyclic) bond motifs is 2. The number of halogens is 1. The van der Waals surface area contributed by atoms with Crippen LogP contribution in [0.2, 0.25) is 5.02 Å². The highest BCUT2D eigenvalue weighted by molar-refractivity contribution is 6.31. The lowest BCUT2D eigenvalue weighted by Crippen LogP contribution is -2.23. The lowest BCUT2D eigenvalue weighted by Gasteiger charge is -2.08. The van der Waals surface area contributed by atoms with Crippen LogP contribution < -0.4 is 20.1 Å². The predicted octanol–water partition coefficient (Wildman–Crippen LogP) is 3.37. The van der Waals surface area contributed by atoms with Gasteiger partial charge in [-0.05, 0) is 41.5 Å². The largest absolute Gasteiger partial charge is 0.454 e. The van der Waals surface area contributed by atoms with Crippen LogP contribution in [0.15, 0.2) is 54.6 Å². The first-order valence-corrected chi connectivity index (χ1v) is 10.9. The number of nitrogens with one attached hydrogen (secondary N) is 2. The maximum Gasteiger partial charge on any atom is 0.231 e. The van der Waals surface area contributed by atoms with E-state index in [1.165, 1.54) is 0 Å². The van der Waals surface area contributed by atoms with E-state index in [4.69, 9.17) is 21.1 Å². The second-order valence-electron chi connectivity index (χ2n) is 7.51. The average molecular weight is 465 g/mol. The van der Waals surface area contributed by atoms with E-state index in [0.717, 1.165) is 16.9 Å². The summed E-state index contributed by atoms with van der Waals surface area (Å²) in [5.74, 6) is 2.61. The van der Waals surface area contributed by atoms with Gasteiger partial charge in [-0.3, -0.25) is 4.79 Å². The zero-order valence-corrected chi connectivity index (χ0v) is 18.4. The Morgan fingerprint density at radius 1 is 1.03 bits per heavy atom. The SMILES string of the molecule is O=C(CCc1nnc2ccc(NCc3ccccc3Cl)nn12)NCc1ccc2c(c1)OCO2. The summed E-state index contributed by atoms with van der Waals surface area (Å²) in [6.45, 7) is 1.17. The van der Waals surface area contributed by atoms with E-state index in [-0.39, 0.29) is 19.1 Å². The van der Waals surface area contributed by atoms with E-state index >= 15 is 0 Å². The number of amides is 1. The summed E-state index contributed by atoms with van der Waals surface area (Å²) in [7, 11) is 0. The van der Waals surface area contributed by atoms with E-state index in [1.807, 2.05) is 54.6 Å². The second kappa shape index (κ2) is 9.33. The number of aryl methyl sites for hydroxylation is 1. The molecule has 0 saturated carbocycles. The Kier molecular flexibility index (Phi) is 5.95. The number of hydrogen-bond donors (Lipinski definition) is 2. The molecule has 0 aliphatic carbocycles. The van der Waals surface area contributed by atoms with Crippen molar-refractivity contribution in [3.8, 4) is 11.5 Å². The standard InChI is InChI=1S/C23H21ClN6O3/c24-17-4-2-1-3-16(17)13-25-20-7-8-21-27-28-22(30(21)29-20)9-10-23(31)26-12-15-5-6-18-19(11-15)33-14-32-18/h1-8,11H,9-10,12-14H2,(H,25,29)(H,26,31). The maximum atomic E-state index is 12.4. The topological polar surface area (TPSA) is 103 Å². The van der Waals surface area contributed by atoms with Crippen LogP contribution in [0.1, 0.15) is 23.4 Å². The molecule has 2 aromatic carbocycles. The summed E-state index contributed by atoms with van der Waals surface area (Å²) >= 11 is 6.22. The molecule has 9 nitrogen and oxygen atoms in total.